The molecule has 4 nitrogen and oxygen atoms in total. The largest absolute Gasteiger partial charge is 0.469 e. The number of methoxy groups -OCH3 is 1. The van der Waals surface area contributed by atoms with Crippen LogP contribution in [0.5, 0.6) is 0 Å². The zero-order valence-corrected chi connectivity index (χ0v) is 14.1. The fourth-order valence-electron chi connectivity index (χ4n) is 1.69. The summed E-state index contributed by atoms with van der Waals surface area (Å²) in [6.45, 7) is 0. The molecule has 6 heteroatoms. The van der Waals surface area contributed by atoms with E-state index in [0.717, 1.165) is 5.56 Å². The standard InChI is InChI=1S/C10H10Cl2O2.C7H8O2/c1-14-10(13)5-3-7-2-4-8(11)6-9(7)12;8-7(9)6-4-2-1-3-5-6/h2,4,6H,3,5H2,1H3;1-5,7-9H. The van der Waals surface area contributed by atoms with E-state index in [9.17, 15) is 4.79 Å². The predicted octanol–water partition coefficient (Wildman–Crippen LogP) is 3.77. The van der Waals surface area contributed by atoms with E-state index in [0.29, 0.717) is 28.5 Å². The van der Waals surface area contributed by atoms with Gasteiger partial charge in [-0.1, -0.05) is 59.6 Å². The van der Waals surface area contributed by atoms with Crippen LogP contribution < -0.4 is 0 Å². The average Bonchev–Trinajstić information content (AvgIpc) is 2.55. The number of aryl methyl sites for hydroxylation is 1. The molecular formula is C17H18Cl2O4. The molecule has 2 aromatic rings. The van der Waals surface area contributed by atoms with E-state index in [-0.39, 0.29) is 5.97 Å². The number of aliphatic hydroxyl groups is 2. The third kappa shape index (κ3) is 7.48. The first-order chi connectivity index (χ1) is 10.9. The van der Waals surface area contributed by atoms with E-state index in [1.807, 2.05) is 12.1 Å². The predicted molar refractivity (Wildman–Crippen MR) is 90.4 cm³/mol. The van der Waals surface area contributed by atoms with E-state index in [4.69, 9.17) is 33.4 Å². The molecule has 0 fully saturated rings. The molecule has 0 spiro atoms. The van der Waals surface area contributed by atoms with Crippen molar-refractivity contribution in [1.29, 1.82) is 0 Å². The SMILES string of the molecule is COC(=O)CCc1ccc(Cl)cc1Cl.OC(O)c1ccccc1. The van der Waals surface area contributed by atoms with E-state index < -0.39 is 6.29 Å². The van der Waals surface area contributed by atoms with Gasteiger partial charge in [-0.15, -0.1) is 0 Å². The maximum atomic E-state index is 10.9. The van der Waals surface area contributed by atoms with Crippen LogP contribution in [0.3, 0.4) is 0 Å². The summed E-state index contributed by atoms with van der Waals surface area (Å²) in [5.74, 6) is -0.240. The Morgan fingerprint density at radius 3 is 2.26 bits per heavy atom. The fraction of sp³-hybridized carbons (Fsp3) is 0.235. The molecule has 0 unspecified atom stereocenters. The summed E-state index contributed by atoms with van der Waals surface area (Å²) >= 11 is 11.7. The summed E-state index contributed by atoms with van der Waals surface area (Å²) in [4.78, 5) is 10.9. The number of aliphatic hydroxyl groups excluding tert-OH is 1. The zero-order chi connectivity index (χ0) is 17.2. The second-order valence-corrected chi connectivity index (χ2v) is 5.44. The van der Waals surface area contributed by atoms with Crippen LogP contribution in [0.1, 0.15) is 23.8 Å². The minimum absolute atomic E-state index is 0.240. The summed E-state index contributed by atoms with van der Waals surface area (Å²) in [6, 6.07) is 13.9. The Labute approximate surface area is 145 Å². The molecule has 0 bridgehead atoms. The molecule has 2 aromatic carbocycles. The summed E-state index contributed by atoms with van der Waals surface area (Å²) in [6.07, 6.45) is -0.438. The highest BCUT2D eigenvalue weighted by Crippen LogP contribution is 2.22. The van der Waals surface area contributed by atoms with Gasteiger partial charge in [-0.05, 0) is 24.1 Å². The number of hydrogen-bond donors (Lipinski definition) is 2. The molecule has 0 aliphatic rings. The van der Waals surface area contributed by atoms with Crippen LogP contribution in [0.2, 0.25) is 10.0 Å². The van der Waals surface area contributed by atoms with Gasteiger partial charge in [-0.25, -0.2) is 0 Å². The lowest BCUT2D eigenvalue weighted by Gasteiger charge is -2.03. The summed E-state index contributed by atoms with van der Waals surface area (Å²) in [7, 11) is 1.37. The number of carbonyl (C=O) groups excluding carboxylic acids is 1. The Balaban J connectivity index is 0.000000253. The number of hydrogen-bond acceptors (Lipinski definition) is 4. The first kappa shape index (κ1) is 19.5. The number of halogens is 2. The van der Waals surface area contributed by atoms with Gasteiger partial charge in [0.15, 0.2) is 6.29 Å². The topological polar surface area (TPSA) is 66.8 Å². The fourth-order valence-corrected chi connectivity index (χ4v) is 2.19. The van der Waals surface area contributed by atoms with Gasteiger partial charge in [-0.2, -0.15) is 0 Å². The van der Waals surface area contributed by atoms with E-state index in [1.54, 1.807) is 36.4 Å². The Kier molecular flexibility index (Phi) is 8.66. The summed E-state index contributed by atoms with van der Waals surface area (Å²) < 4.78 is 4.53. The van der Waals surface area contributed by atoms with Crippen molar-refractivity contribution in [2.75, 3.05) is 7.11 Å². The normalized spacial score (nSPS) is 10.0. The zero-order valence-electron chi connectivity index (χ0n) is 12.6. The van der Waals surface area contributed by atoms with Crippen molar-refractivity contribution in [3.63, 3.8) is 0 Å². The van der Waals surface area contributed by atoms with Crippen LogP contribution in [0, 0.1) is 0 Å². The Morgan fingerprint density at radius 1 is 1.13 bits per heavy atom. The van der Waals surface area contributed by atoms with Crippen molar-refractivity contribution >= 4 is 29.2 Å². The first-order valence-electron chi connectivity index (χ1n) is 6.86. The van der Waals surface area contributed by atoms with Gasteiger partial charge < -0.3 is 14.9 Å². The minimum Gasteiger partial charge on any atom is -0.469 e. The van der Waals surface area contributed by atoms with Crippen molar-refractivity contribution < 1.29 is 19.7 Å². The Morgan fingerprint density at radius 2 is 1.78 bits per heavy atom. The lowest BCUT2D eigenvalue weighted by Crippen LogP contribution is -2.02. The van der Waals surface area contributed by atoms with Crippen molar-refractivity contribution in [3.8, 4) is 0 Å². The second kappa shape index (κ2) is 10.2. The summed E-state index contributed by atoms with van der Waals surface area (Å²) in [5, 5.41) is 18.3. The lowest BCUT2D eigenvalue weighted by molar-refractivity contribution is -0.140. The molecule has 0 heterocycles. The minimum atomic E-state index is -1.34. The molecule has 23 heavy (non-hydrogen) atoms. The summed E-state index contributed by atoms with van der Waals surface area (Å²) in [5.41, 5.74) is 1.43. The van der Waals surface area contributed by atoms with Gasteiger partial charge in [0, 0.05) is 22.0 Å². The highest BCUT2D eigenvalue weighted by Gasteiger charge is 2.05. The van der Waals surface area contributed by atoms with Crippen LogP contribution in [0.4, 0.5) is 0 Å². The van der Waals surface area contributed by atoms with Gasteiger partial charge in [0.1, 0.15) is 0 Å². The van der Waals surface area contributed by atoms with Gasteiger partial charge in [0.25, 0.3) is 0 Å². The quantitative estimate of drug-likeness (QED) is 0.646. The Bertz CT molecular complexity index is 615. The van der Waals surface area contributed by atoms with Gasteiger partial charge in [0.2, 0.25) is 0 Å². The molecule has 0 radical (unpaired) electrons. The molecule has 0 aliphatic heterocycles. The van der Waals surface area contributed by atoms with Crippen LogP contribution in [-0.4, -0.2) is 23.3 Å². The van der Waals surface area contributed by atoms with E-state index in [1.165, 1.54) is 7.11 Å². The molecule has 2 rings (SSSR count). The number of carbonyl (C=O) groups is 1. The molecular weight excluding hydrogens is 339 g/mol. The molecule has 0 saturated carbocycles. The number of rotatable bonds is 4. The molecule has 0 aromatic heterocycles. The second-order valence-electron chi connectivity index (χ2n) is 4.60. The van der Waals surface area contributed by atoms with Gasteiger partial charge in [0.05, 0.1) is 7.11 Å². The van der Waals surface area contributed by atoms with Crippen molar-refractivity contribution in [2.45, 2.75) is 19.1 Å². The van der Waals surface area contributed by atoms with Crippen molar-refractivity contribution in [3.05, 3.63) is 69.7 Å². The molecule has 0 aliphatic carbocycles. The van der Waals surface area contributed by atoms with E-state index >= 15 is 0 Å². The molecule has 2 N–H and O–H groups in total. The van der Waals surface area contributed by atoms with Crippen molar-refractivity contribution in [1.82, 2.24) is 0 Å². The number of esters is 1. The molecule has 0 saturated heterocycles. The van der Waals surface area contributed by atoms with Crippen LogP contribution in [-0.2, 0) is 16.0 Å². The smallest absolute Gasteiger partial charge is 0.305 e. The monoisotopic (exact) mass is 356 g/mol. The van der Waals surface area contributed by atoms with Crippen LogP contribution >= 0.6 is 23.2 Å². The third-order valence-electron chi connectivity index (χ3n) is 2.94. The highest BCUT2D eigenvalue weighted by atomic mass is 35.5. The highest BCUT2D eigenvalue weighted by molar-refractivity contribution is 6.35. The number of benzene rings is 2. The van der Waals surface area contributed by atoms with Crippen LogP contribution in [0.15, 0.2) is 48.5 Å². The molecule has 0 atom stereocenters. The third-order valence-corrected chi connectivity index (χ3v) is 3.53. The van der Waals surface area contributed by atoms with Gasteiger partial charge in [-0.3, -0.25) is 4.79 Å². The number of ether oxygens (including phenoxy) is 1. The Hall–Kier alpha value is -1.59. The maximum Gasteiger partial charge on any atom is 0.305 e. The van der Waals surface area contributed by atoms with Crippen LogP contribution in [0.25, 0.3) is 0 Å². The van der Waals surface area contributed by atoms with Crippen molar-refractivity contribution in [2.24, 2.45) is 0 Å². The maximum absolute atomic E-state index is 10.9. The molecule has 124 valence electrons. The van der Waals surface area contributed by atoms with E-state index in [2.05, 4.69) is 4.74 Å². The molecule has 0 amide bonds. The first-order valence-corrected chi connectivity index (χ1v) is 7.61. The lowest BCUT2D eigenvalue weighted by atomic mass is 10.1. The van der Waals surface area contributed by atoms with Gasteiger partial charge >= 0.3 is 5.97 Å². The average molecular weight is 357 g/mol.